The maximum Gasteiger partial charge on any atom is 0.271 e. The lowest BCUT2D eigenvalue weighted by Crippen LogP contribution is -2.43. The highest BCUT2D eigenvalue weighted by Crippen LogP contribution is 2.32. The fourth-order valence-corrected chi connectivity index (χ4v) is 6.74. The van der Waals surface area contributed by atoms with Crippen LogP contribution < -0.4 is 0 Å². The molecule has 3 heterocycles. The molecule has 2 atom stereocenters. The number of carbonyl (C=O) groups is 1. The van der Waals surface area contributed by atoms with E-state index in [0.717, 1.165) is 38.6 Å². The third-order valence-corrected chi connectivity index (χ3v) is 8.48. The fraction of sp³-hybridized carbons (Fsp3) is 0.750. The third-order valence-electron chi connectivity index (χ3n) is 6.35. The molecule has 0 unspecified atom stereocenters. The summed E-state index contributed by atoms with van der Waals surface area (Å²) < 4.78 is 30.2. The molecule has 0 N–H and O–H groups in total. The molecule has 1 aromatic rings. The second-order valence-corrected chi connectivity index (χ2v) is 10.3. The Morgan fingerprint density at radius 3 is 2.37 bits per heavy atom. The summed E-state index contributed by atoms with van der Waals surface area (Å²) in [5.41, 5.74) is 1.76. The van der Waals surface area contributed by atoms with Crippen LogP contribution in [0.4, 0.5) is 0 Å². The van der Waals surface area contributed by atoms with Crippen LogP contribution in [0.3, 0.4) is 0 Å². The van der Waals surface area contributed by atoms with Crippen molar-refractivity contribution < 1.29 is 13.2 Å². The molecule has 0 saturated carbocycles. The SMILES string of the molecule is Cc1c(S(=O)(=O)N2CCC[C@@H](C)C2)c(C)n(C)c1C(=O)N1CCCC[C@@H]1C. The van der Waals surface area contributed by atoms with Crippen molar-refractivity contribution in [1.29, 1.82) is 0 Å². The lowest BCUT2D eigenvalue weighted by Gasteiger charge is -2.33. The molecule has 2 aliphatic rings. The normalized spacial score (nSPS) is 25.0. The van der Waals surface area contributed by atoms with Crippen LogP contribution in [-0.2, 0) is 17.1 Å². The molecule has 0 radical (unpaired) electrons. The molecular weight excluding hydrogens is 362 g/mol. The second-order valence-electron chi connectivity index (χ2n) is 8.40. The van der Waals surface area contributed by atoms with Gasteiger partial charge in [0, 0.05) is 44.0 Å². The summed E-state index contributed by atoms with van der Waals surface area (Å²) in [5, 5.41) is 0. The van der Waals surface area contributed by atoms with Crippen LogP contribution >= 0.6 is 0 Å². The number of piperidine rings is 2. The predicted octanol–water partition coefficient (Wildman–Crippen LogP) is 3.08. The number of sulfonamides is 1. The minimum atomic E-state index is -3.59. The molecule has 0 spiro atoms. The first-order valence-corrected chi connectivity index (χ1v) is 11.6. The maximum atomic E-state index is 13.4. The van der Waals surface area contributed by atoms with Crippen LogP contribution in [0.15, 0.2) is 4.90 Å². The molecule has 1 aromatic heterocycles. The molecule has 2 saturated heterocycles. The van der Waals surface area contributed by atoms with Crippen molar-refractivity contribution in [1.82, 2.24) is 13.8 Å². The Bertz CT molecular complexity index is 828. The molecule has 7 heteroatoms. The lowest BCUT2D eigenvalue weighted by molar-refractivity contribution is 0.0624. The topological polar surface area (TPSA) is 62.6 Å². The van der Waals surface area contributed by atoms with Gasteiger partial charge in [-0.2, -0.15) is 4.31 Å². The molecule has 2 fully saturated rings. The summed E-state index contributed by atoms with van der Waals surface area (Å²) in [6, 6.07) is 0.198. The summed E-state index contributed by atoms with van der Waals surface area (Å²) >= 11 is 0. The van der Waals surface area contributed by atoms with Crippen molar-refractivity contribution in [3.05, 3.63) is 17.0 Å². The molecule has 0 aromatic carbocycles. The van der Waals surface area contributed by atoms with Gasteiger partial charge in [0.1, 0.15) is 10.6 Å². The van der Waals surface area contributed by atoms with E-state index in [2.05, 4.69) is 13.8 Å². The molecular formula is C20H33N3O3S. The number of hydrogen-bond acceptors (Lipinski definition) is 3. The van der Waals surface area contributed by atoms with Crippen molar-refractivity contribution in [2.24, 2.45) is 13.0 Å². The van der Waals surface area contributed by atoms with Crippen molar-refractivity contribution in [3.8, 4) is 0 Å². The van der Waals surface area contributed by atoms with Gasteiger partial charge < -0.3 is 9.47 Å². The summed E-state index contributed by atoms with van der Waals surface area (Å²) in [7, 11) is -1.79. The van der Waals surface area contributed by atoms with Crippen LogP contribution in [0.25, 0.3) is 0 Å². The quantitative estimate of drug-likeness (QED) is 0.790. The van der Waals surface area contributed by atoms with Crippen LogP contribution in [-0.4, -0.2) is 53.8 Å². The summed E-state index contributed by atoms with van der Waals surface area (Å²) in [6.07, 6.45) is 5.11. The Kier molecular flexibility index (Phi) is 5.73. The molecule has 152 valence electrons. The van der Waals surface area contributed by atoms with Crippen LogP contribution in [0.5, 0.6) is 0 Å². The standard InChI is InChI=1S/C20H33N3O3S/c1-14-9-8-11-22(13-14)27(25,26)19-16(3)18(21(5)17(19)4)20(24)23-12-7-6-10-15(23)2/h14-15H,6-13H2,1-5H3/t14-,15+/m1/s1. The van der Waals surface area contributed by atoms with Gasteiger partial charge in [-0.3, -0.25) is 4.79 Å². The molecule has 3 rings (SSSR count). The number of amides is 1. The average molecular weight is 396 g/mol. The Balaban J connectivity index is 2.01. The van der Waals surface area contributed by atoms with E-state index >= 15 is 0 Å². The molecule has 0 aliphatic carbocycles. The Labute approximate surface area is 163 Å². The van der Waals surface area contributed by atoms with E-state index in [1.807, 2.05) is 18.9 Å². The molecule has 0 bridgehead atoms. The van der Waals surface area contributed by atoms with Gasteiger partial charge in [0.25, 0.3) is 5.91 Å². The number of aromatic nitrogens is 1. The molecule has 2 aliphatic heterocycles. The number of hydrogen-bond donors (Lipinski definition) is 0. The van der Waals surface area contributed by atoms with E-state index in [-0.39, 0.29) is 11.9 Å². The van der Waals surface area contributed by atoms with E-state index in [0.29, 0.717) is 40.9 Å². The zero-order valence-corrected chi connectivity index (χ0v) is 18.1. The number of likely N-dealkylation sites (tertiary alicyclic amines) is 1. The van der Waals surface area contributed by atoms with Crippen molar-refractivity contribution in [2.45, 2.75) is 70.7 Å². The Morgan fingerprint density at radius 2 is 1.74 bits per heavy atom. The molecule has 1 amide bonds. The van der Waals surface area contributed by atoms with Gasteiger partial charge in [0.05, 0.1) is 0 Å². The highest BCUT2D eigenvalue weighted by molar-refractivity contribution is 7.89. The highest BCUT2D eigenvalue weighted by Gasteiger charge is 2.36. The maximum absolute atomic E-state index is 13.4. The van der Waals surface area contributed by atoms with Gasteiger partial charge in [-0.1, -0.05) is 6.92 Å². The Morgan fingerprint density at radius 1 is 1.04 bits per heavy atom. The van der Waals surface area contributed by atoms with Gasteiger partial charge in [-0.25, -0.2) is 8.42 Å². The van der Waals surface area contributed by atoms with E-state index < -0.39 is 10.0 Å². The average Bonchev–Trinajstić information content (AvgIpc) is 2.84. The van der Waals surface area contributed by atoms with Gasteiger partial charge >= 0.3 is 0 Å². The molecule has 27 heavy (non-hydrogen) atoms. The summed E-state index contributed by atoms with van der Waals surface area (Å²) in [6.45, 7) is 9.64. The van der Waals surface area contributed by atoms with Crippen LogP contribution in [0.2, 0.25) is 0 Å². The monoisotopic (exact) mass is 395 g/mol. The second kappa shape index (κ2) is 7.59. The largest absolute Gasteiger partial charge is 0.342 e. The minimum absolute atomic E-state index is 0.0428. The van der Waals surface area contributed by atoms with Gasteiger partial charge in [0.15, 0.2) is 0 Å². The number of rotatable bonds is 3. The first-order chi connectivity index (χ1) is 12.7. The minimum Gasteiger partial charge on any atom is -0.342 e. The van der Waals surface area contributed by atoms with E-state index in [4.69, 9.17) is 0 Å². The number of nitrogens with zero attached hydrogens (tertiary/aromatic N) is 3. The summed E-state index contributed by atoms with van der Waals surface area (Å²) in [5.74, 6) is 0.326. The van der Waals surface area contributed by atoms with Gasteiger partial charge in [-0.15, -0.1) is 0 Å². The van der Waals surface area contributed by atoms with E-state index in [1.54, 1.807) is 15.8 Å². The van der Waals surface area contributed by atoms with Crippen LogP contribution in [0.1, 0.15) is 67.7 Å². The van der Waals surface area contributed by atoms with Gasteiger partial charge in [0.2, 0.25) is 10.0 Å². The highest BCUT2D eigenvalue weighted by atomic mass is 32.2. The van der Waals surface area contributed by atoms with Crippen molar-refractivity contribution >= 4 is 15.9 Å². The third kappa shape index (κ3) is 3.56. The number of carbonyl (C=O) groups excluding carboxylic acids is 1. The fourth-order valence-electron chi connectivity index (χ4n) is 4.66. The van der Waals surface area contributed by atoms with E-state index in [1.165, 1.54) is 0 Å². The predicted molar refractivity (Wildman–Crippen MR) is 106 cm³/mol. The van der Waals surface area contributed by atoms with Crippen LogP contribution in [0, 0.1) is 19.8 Å². The smallest absolute Gasteiger partial charge is 0.271 e. The zero-order valence-electron chi connectivity index (χ0n) is 17.3. The van der Waals surface area contributed by atoms with Crippen molar-refractivity contribution in [3.63, 3.8) is 0 Å². The van der Waals surface area contributed by atoms with Crippen molar-refractivity contribution in [2.75, 3.05) is 19.6 Å². The first kappa shape index (κ1) is 20.4. The lowest BCUT2D eigenvalue weighted by atomic mass is 10.0. The zero-order chi connectivity index (χ0) is 19.9. The molecule has 6 nitrogen and oxygen atoms in total. The summed E-state index contributed by atoms with van der Waals surface area (Å²) in [4.78, 5) is 15.5. The van der Waals surface area contributed by atoms with Gasteiger partial charge in [-0.05, 0) is 58.8 Å². The van der Waals surface area contributed by atoms with E-state index in [9.17, 15) is 13.2 Å². The Hall–Kier alpha value is -1.34. The first-order valence-electron chi connectivity index (χ1n) is 10.1.